The molecule has 0 atom stereocenters. The Balaban J connectivity index is 1.82. The Hall–Kier alpha value is -2.20. The van der Waals surface area contributed by atoms with E-state index in [0.29, 0.717) is 11.9 Å². The first-order valence-corrected chi connectivity index (χ1v) is 6.23. The lowest BCUT2D eigenvalue weighted by atomic mass is 10.3. The van der Waals surface area contributed by atoms with Crippen molar-refractivity contribution in [3.8, 4) is 6.07 Å². The number of nitrogens with zero attached hydrogens (tertiary/aromatic N) is 3. The highest BCUT2D eigenvalue weighted by molar-refractivity contribution is 5.50. The summed E-state index contributed by atoms with van der Waals surface area (Å²) in [6.45, 7) is 1.66. The normalized spacial score (nSPS) is 13.8. The fourth-order valence-corrected chi connectivity index (χ4v) is 1.68. The fraction of sp³-hybridized carbons (Fsp3) is 0.500. The van der Waals surface area contributed by atoms with Crippen molar-refractivity contribution in [3.63, 3.8) is 0 Å². The monoisotopic (exact) mass is 261 g/mol. The third kappa shape index (κ3) is 3.89. The first-order valence-electron chi connectivity index (χ1n) is 6.23. The molecule has 0 aliphatic heterocycles. The summed E-state index contributed by atoms with van der Waals surface area (Å²) in [6.07, 6.45) is 3.47. The van der Waals surface area contributed by atoms with Crippen LogP contribution in [0, 0.1) is 21.4 Å². The first-order chi connectivity index (χ1) is 9.20. The van der Waals surface area contributed by atoms with E-state index in [1.807, 2.05) is 0 Å². The van der Waals surface area contributed by atoms with Crippen LogP contribution < -0.4 is 10.6 Å². The van der Waals surface area contributed by atoms with Crippen molar-refractivity contribution >= 4 is 11.5 Å². The zero-order valence-electron chi connectivity index (χ0n) is 10.4. The number of nitrogens with one attached hydrogen (secondary N) is 2. The van der Waals surface area contributed by atoms with E-state index >= 15 is 0 Å². The predicted molar refractivity (Wildman–Crippen MR) is 69.7 cm³/mol. The fourth-order valence-electron chi connectivity index (χ4n) is 1.68. The van der Waals surface area contributed by atoms with Crippen LogP contribution in [0.1, 0.15) is 25.0 Å². The van der Waals surface area contributed by atoms with Gasteiger partial charge in [0.15, 0.2) is 0 Å². The summed E-state index contributed by atoms with van der Waals surface area (Å²) in [5.41, 5.74) is -0.422. The third-order valence-corrected chi connectivity index (χ3v) is 2.85. The Kier molecular flexibility index (Phi) is 4.26. The zero-order chi connectivity index (χ0) is 13.7. The van der Waals surface area contributed by atoms with Crippen molar-refractivity contribution in [2.24, 2.45) is 0 Å². The quantitative estimate of drug-likeness (QED) is 0.437. The molecule has 1 heterocycles. The highest BCUT2D eigenvalue weighted by Crippen LogP contribution is 2.19. The van der Waals surface area contributed by atoms with Crippen LogP contribution in [0.25, 0.3) is 0 Å². The van der Waals surface area contributed by atoms with Gasteiger partial charge in [0.25, 0.3) is 0 Å². The molecular weight excluding hydrogens is 246 g/mol. The molecule has 7 nitrogen and oxygen atoms in total. The number of anilines is 1. The molecule has 1 aliphatic rings. The van der Waals surface area contributed by atoms with E-state index in [1.54, 1.807) is 6.07 Å². The molecule has 0 amide bonds. The van der Waals surface area contributed by atoms with Gasteiger partial charge < -0.3 is 10.6 Å². The number of nitriles is 1. The Morgan fingerprint density at radius 3 is 2.89 bits per heavy atom. The van der Waals surface area contributed by atoms with Crippen LogP contribution in [0.2, 0.25) is 0 Å². The maximum atomic E-state index is 10.6. The van der Waals surface area contributed by atoms with Crippen molar-refractivity contribution in [2.75, 3.05) is 18.4 Å². The number of rotatable bonds is 7. The summed E-state index contributed by atoms with van der Waals surface area (Å²) in [5, 5.41) is 25.9. The molecule has 100 valence electrons. The number of pyridine rings is 1. The van der Waals surface area contributed by atoms with E-state index in [1.165, 1.54) is 25.0 Å². The molecule has 0 unspecified atom stereocenters. The number of aromatic nitrogens is 1. The van der Waals surface area contributed by atoms with Gasteiger partial charge >= 0.3 is 5.69 Å². The highest BCUT2D eigenvalue weighted by atomic mass is 16.6. The van der Waals surface area contributed by atoms with Gasteiger partial charge in [0.1, 0.15) is 11.9 Å². The second-order valence-corrected chi connectivity index (χ2v) is 4.44. The molecule has 2 rings (SSSR count). The van der Waals surface area contributed by atoms with Gasteiger partial charge in [0, 0.05) is 18.7 Å². The van der Waals surface area contributed by atoms with E-state index in [9.17, 15) is 10.1 Å². The second kappa shape index (κ2) is 6.11. The lowest BCUT2D eigenvalue weighted by molar-refractivity contribution is -0.385. The molecule has 0 saturated heterocycles. The largest absolute Gasteiger partial charge is 0.370 e. The summed E-state index contributed by atoms with van der Waals surface area (Å²) in [7, 11) is 0. The van der Waals surface area contributed by atoms with Crippen LogP contribution in [-0.2, 0) is 0 Å². The lowest BCUT2D eigenvalue weighted by Gasteiger charge is -2.06. The Labute approximate surface area is 110 Å². The highest BCUT2D eigenvalue weighted by Gasteiger charge is 2.19. The SMILES string of the molecule is N#Cc1nc(NCCCNC2CC2)ccc1[N+](=O)[O-]. The van der Waals surface area contributed by atoms with Crippen molar-refractivity contribution < 1.29 is 4.92 Å². The Morgan fingerprint density at radius 2 is 2.26 bits per heavy atom. The number of nitro groups is 1. The van der Waals surface area contributed by atoms with Gasteiger partial charge in [-0.15, -0.1) is 0 Å². The summed E-state index contributed by atoms with van der Waals surface area (Å²) in [5.74, 6) is 0.494. The molecule has 0 aromatic carbocycles. The van der Waals surface area contributed by atoms with E-state index in [0.717, 1.165) is 19.5 Å². The average Bonchev–Trinajstić information content (AvgIpc) is 3.22. The molecule has 1 aromatic heterocycles. The van der Waals surface area contributed by atoms with Gasteiger partial charge in [-0.05, 0) is 31.9 Å². The molecule has 1 aromatic rings. The van der Waals surface area contributed by atoms with E-state index in [-0.39, 0.29) is 11.4 Å². The minimum absolute atomic E-state index is 0.161. The van der Waals surface area contributed by atoms with Gasteiger partial charge in [-0.3, -0.25) is 10.1 Å². The van der Waals surface area contributed by atoms with Crippen molar-refractivity contribution in [1.82, 2.24) is 10.3 Å². The van der Waals surface area contributed by atoms with Crippen LogP contribution in [0.4, 0.5) is 11.5 Å². The van der Waals surface area contributed by atoms with Gasteiger partial charge in [0.2, 0.25) is 5.69 Å². The summed E-state index contributed by atoms with van der Waals surface area (Å²) in [6, 6.07) is 5.26. The van der Waals surface area contributed by atoms with E-state index in [4.69, 9.17) is 5.26 Å². The van der Waals surface area contributed by atoms with Crippen molar-refractivity contribution in [1.29, 1.82) is 5.26 Å². The summed E-state index contributed by atoms with van der Waals surface area (Å²) in [4.78, 5) is 14.0. The Bertz CT molecular complexity index is 507. The number of hydrogen-bond donors (Lipinski definition) is 2. The maximum Gasteiger partial charge on any atom is 0.305 e. The van der Waals surface area contributed by atoms with E-state index < -0.39 is 4.92 Å². The topological polar surface area (TPSA) is 104 Å². The van der Waals surface area contributed by atoms with Crippen molar-refractivity contribution in [3.05, 3.63) is 27.9 Å². The summed E-state index contributed by atoms with van der Waals surface area (Å²) < 4.78 is 0. The molecule has 1 fully saturated rings. The molecule has 0 spiro atoms. The van der Waals surface area contributed by atoms with Gasteiger partial charge in [0.05, 0.1) is 4.92 Å². The van der Waals surface area contributed by atoms with Gasteiger partial charge in [-0.25, -0.2) is 4.98 Å². The molecule has 7 heteroatoms. The molecule has 1 saturated carbocycles. The van der Waals surface area contributed by atoms with Gasteiger partial charge in [-0.1, -0.05) is 0 Å². The Morgan fingerprint density at radius 1 is 1.47 bits per heavy atom. The standard InChI is InChI=1S/C12H15N5O2/c13-8-10-11(17(18)19)4-5-12(16-10)15-7-1-6-14-9-2-3-9/h4-5,9,14H,1-3,6-7H2,(H,15,16). The molecule has 0 radical (unpaired) electrons. The third-order valence-electron chi connectivity index (χ3n) is 2.85. The lowest BCUT2D eigenvalue weighted by Crippen LogP contribution is -2.20. The smallest absolute Gasteiger partial charge is 0.305 e. The number of hydrogen-bond acceptors (Lipinski definition) is 6. The van der Waals surface area contributed by atoms with Crippen LogP contribution in [0.5, 0.6) is 0 Å². The maximum absolute atomic E-state index is 10.6. The van der Waals surface area contributed by atoms with Crippen LogP contribution in [0.3, 0.4) is 0 Å². The van der Waals surface area contributed by atoms with Crippen molar-refractivity contribution in [2.45, 2.75) is 25.3 Å². The molecule has 1 aliphatic carbocycles. The minimum Gasteiger partial charge on any atom is -0.370 e. The molecule has 19 heavy (non-hydrogen) atoms. The van der Waals surface area contributed by atoms with Gasteiger partial charge in [-0.2, -0.15) is 5.26 Å². The minimum atomic E-state index is -0.602. The molecule has 0 bridgehead atoms. The zero-order valence-corrected chi connectivity index (χ0v) is 10.4. The predicted octanol–water partition coefficient (Wildman–Crippen LogP) is 1.42. The van der Waals surface area contributed by atoms with Crippen LogP contribution in [0.15, 0.2) is 12.1 Å². The molecule has 2 N–H and O–H groups in total. The summed E-state index contributed by atoms with van der Waals surface area (Å²) >= 11 is 0. The first kappa shape index (κ1) is 13.2. The molecular formula is C12H15N5O2. The van der Waals surface area contributed by atoms with Crippen LogP contribution >= 0.6 is 0 Å². The average molecular weight is 261 g/mol. The van der Waals surface area contributed by atoms with Crippen LogP contribution in [-0.4, -0.2) is 29.0 Å². The van der Waals surface area contributed by atoms with E-state index in [2.05, 4.69) is 15.6 Å². The second-order valence-electron chi connectivity index (χ2n) is 4.44.